The highest BCUT2D eigenvalue weighted by molar-refractivity contribution is 9.10. The molecule has 3 aromatic rings. The van der Waals surface area contributed by atoms with Crippen molar-refractivity contribution in [2.75, 3.05) is 25.0 Å². The zero-order valence-corrected chi connectivity index (χ0v) is 19.0. The maximum atomic E-state index is 13.3. The summed E-state index contributed by atoms with van der Waals surface area (Å²) in [7, 11) is 3.21. The smallest absolute Gasteiger partial charge is 0.240 e. The topological polar surface area (TPSA) is 90.3 Å². The van der Waals surface area contributed by atoms with Gasteiger partial charge in [0.05, 0.1) is 24.7 Å². The second-order valence-corrected chi connectivity index (χ2v) is 8.59. The summed E-state index contributed by atoms with van der Waals surface area (Å²) in [5.41, 5.74) is 4.98. The van der Waals surface area contributed by atoms with Gasteiger partial charge in [-0.25, -0.2) is 4.68 Å². The fourth-order valence-electron chi connectivity index (χ4n) is 3.20. The van der Waals surface area contributed by atoms with Crippen LogP contribution in [0.1, 0.15) is 17.4 Å². The molecule has 10 heteroatoms. The number of ether oxygens (including phenoxy) is 2. The summed E-state index contributed by atoms with van der Waals surface area (Å²) in [6.45, 7) is 1.86. The van der Waals surface area contributed by atoms with E-state index in [-0.39, 0.29) is 11.9 Å². The summed E-state index contributed by atoms with van der Waals surface area (Å²) in [4.78, 5) is 13.3. The fraction of sp³-hybridized carbons (Fsp3) is 0.250. The molecule has 0 saturated heterocycles. The number of benzene rings is 2. The molecular formula is C20H20BrN5O3S. The molecule has 1 aliphatic rings. The van der Waals surface area contributed by atoms with E-state index >= 15 is 0 Å². The minimum Gasteiger partial charge on any atom is -0.497 e. The van der Waals surface area contributed by atoms with Gasteiger partial charge in [-0.3, -0.25) is 4.79 Å². The molecule has 8 nitrogen and oxygen atoms in total. The van der Waals surface area contributed by atoms with Crippen LogP contribution in [0.15, 0.2) is 52.1 Å². The van der Waals surface area contributed by atoms with Crippen LogP contribution in [0.25, 0.3) is 0 Å². The predicted molar refractivity (Wildman–Crippen MR) is 119 cm³/mol. The van der Waals surface area contributed by atoms with Crippen LogP contribution in [0.5, 0.6) is 11.5 Å². The third kappa shape index (κ3) is 3.97. The number of nitrogens with zero attached hydrogens (tertiary/aromatic N) is 3. The number of thioether (sulfide) groups is 1. The van der Waals surface area contributed by atoms with Gasteiger partial charge in [-0.2, -0.15) is 0 Å². The van der Waals surface area contributed by atoms with Crippen LogP contribution < -0.4 is 20.2 Å². The minimum absolute atomic E-state index is 0.149. The van der Waals surface area contributed by atoms with Gasteiger partial charge in [0.15, 0.2) is 0 Å². The maximum Gasteiger partial charge on any atom is 0.240 e. The molecule has 0 unspecified atom stereocenters. The van der Waals surface area contributed by atoms with Crippen LogP contribution in [0.4, 0.5) is 5.69 Å². The van der Waals surface area contributed by atoms with Gasteiger partial charge in [0.1, 0.15) is 22.6 Å². The summed E-state index contributed by atoms with van der Waals surface area (Å²) in [5, 5.41) is 11.5. The van der Waals surface area contributed by atoms with Crippen molar-refractivity contribution in [3.8, 4) is 11.5 Å². The Labute approximate surface area is 186 Å². The molecule has 2 N–H and O–H groups in total. The quantitative estimate of drug-likeness (QED) is 0.563. The first-order chi connectivity index (χ1) is 14.5. The highest BCUT2D eigenvalue weighted by Gasteiger charge is 2.37. The van der Waals surface area contributed by atoms with Gasteiger partial charge in [-0.1, -0.05) is 23.9 Å². The average Bonchev–Trinajstić information content (AvgIpc) is 3.12. The molecule has 0 bridgehead atoms. The standard InChI is InChI=1S/C20H20BrN5O3S/c1-11-23-24-20-26(11)25-17(12-7-8-16(29-3)15(21)9-12)18(30-20)19(27)22-13-5-4-6-14(10-13)28-2/h4-10,17-18,25H,1-3H3,(H,22,27)/t17-,18+/m1/s1. The van der Waals surface area contributed by atoms with Gasteiger partial charge in [-0.05, 0) is 52.7 Å². The first kappa shape index (κ1) is 20.5. The van der Waals surface area contributed by atoms with E-state index < -0.39 is 5.25 Å². The molecule has 1 amide bonds. The summed E-state index contributed by atoms with van der Waals surface area (Å²) >= 11 is 4.90. The second kappa shape index (κ2) is 8.57. The number of halogens is 1. The fourth-order valence-corrected chi connectivity index (χ4v) is 4.88. The molecule has 2 heterocycles. The number of rotatable bonds is 5. The highest BCUT2D eigenvalue weighted by atomic mass is 79.9. The molecule has 1 aromatic heterocycles. The van der Waals surface area contributed by atoms with E-state index in [2.05, 4.69) is 36.9 Å². The SMILES string of the molecule is COc1cccc(NC(=O)[C@H]2Sc3nnc(C)n3N[C@@H]2c2ccc(OC)c(Br)c2)c1. The summed E-state index contributed by atoms with van der Waals surface area (Å²) in [5.74, 6) is 1.97. The Hall–Kier alpha value is -2.72. The Morgan fingerprint density at radius 1 is 1.20 bits per heavy atom. The number of nitrogens with one attached hydrogen (secondary N) is 2. The Morgan fingerprint density at radius 2 is 2.03 bits per heavy atom. The molecule has 0 spiro atoms. The number of hydrogen-bond acceptors (Lipinski definition) is 7. The Bertz CT molecular complexity index is 1090. The molecule has 4 rings (SSSR count). The van der Waals surface area contributed by atoms with Crippen molar-refractivity contribution < 1.29 is 14.3 Å². The zero-order chi connectivity index (χ0) is 21.3. The van der Waals surface area contributed by atoms with E-state index in [1.807, 2.05) is 48.0 Å². The Kier molecular flexibility index (Phi) is 5.87. The van der Waals surface area contributed by atoms with E-state index in [1.165, 1.54) is 11.8 Å². The third-order valence-corrected chi connectivity index (χ3v) is 6.56. The van der Waals surface area contributed by atoms with E-state index in [4.69, 9.17) is 9.47 Å². The van der Waals surface area contributed by atoms with E-state index in [1.54, 1.807) is 20.3 Å². The van der Waals surface area contributed by atoms with Crippen LogP contribution in [-0.4, -0.2) is 40.3 Å². The second-order valence-electron chi connectivity index (χ2n) is 6.63. The van der Waals surface area contributed by atoms with Crippen molar-refractivity contribution in [2.45, 2.75) is 23.4 Å². The Morgan fingerprint density at radius 3 is 2.77 bits per heavy atom. The van der Waals surface area contributed by atoms with Crippen LogP contribution in [0.2, 0.25) is 0 Å². The van der Waals surface area contributed by atoms with E-state index in [0.717, 1.165) is 21.6 Å². The van der Waals surface area contributed by atoms with Crippen molar-refractivity contribution in [3.63, 3.8) is 0 Å². The van der Waals surface area contributed by atoms with Gasteiger partial charge in [0.25, 0.3) is 0 Å². The van der Waals surface area contributed by atoms with Crippen molar-refractivity contribution in [3.05, 3.63) is 58.3 Å². The van der Waals surface area contributed by atoms with Crippen molar-refractivity contribution in [2.24, 2.45) is 0 Å². The number of aryl methyl sites for hydroxylation is 1. The zero-order valence-electron chi connectivity index (χ0n) is 16.5. The molecule has 0 saturated carbocycles. The third-order valence-electron chi connectivity index (χ3n) is 4.73. The Balaban J connectivity index is 1.67. The lowest BCUT2D eigenvalue weighted by molar-refractivity contribution is -0.116. The number of carbonyl (C=O) groups excluding carboxylic acids is 1. The van der Waals surface area contributed by atoms with Gasteiger partial charge in [-0.15, -0.1) is 10.2 Å². The largest absolute Gasteiger partial charge is 0.497 e. The molecule has 1 aliphatic heterocycles. The molecule has 0 fully saturated rings. The maximum absolute atomic E-state index is 13.3. The van der Waals surface area contributed by atoms with E-state index in [9.17, 15) is 4.79 Å². The lowest BCUT2D eigenvalue weighted by Gasteiger charge is -2.33. The normalized spacial score (nSPS) is 17.6. The van der Waals surface area contributed by atoms with Gasteiger partial charge < -0.3 is 20.2 Å². The molecule has 30 heavy (non-hydrogen) atoms. The number of carbonyl (C=O) groups is 1. The first-order valence-corrected chi connectivity index (χ1v) is 10.8. The highest BCUT2D eigenvalue weighted by Crippen LogP contribution is 2.39. The van der Waals surface area contributed by atoms with Gasteiger partial charge in [0, 0.05) is 11.8 Å². The summed E-state index contributed by atoms with van der Waals surface area (Å²) < 4.78 is 13.2. The monoisotopic (exact) mass is 489 g/mol. The van der Waals surface area contributed by atoms with Crippen LogP contribution >= 0.6 is 27.7 Å². The van der Waals surface area contributed by atoms with Crippen molar-refractivity contribution in [1.82, 2.24) is 14.9 Å². The lowest BCUT2D eigenvalue weighted by atomic mass is 10.0. The molecular weight excluding hydrogens is 470 g/mol. The average molecular weight is 490 g/mol. The number of aromatic nitrogens is 3. The van der Waals surface area contributed by atoms with Crippen molar-refractivity contribution in [1.29, 1.82) is 0 Å². The molecule has 2 aromatic carbocycles. The molecule has 2 atom stereocenters. The molecule has 0 radical (unpaired) electrons. The van der Waals surface area contributed by atoms with Crippen LogP contribution in [0.3, 0.4) is 0 Å². The first-order valence-electron chi connectivity index (χ1n) is 9.13. The van der Waals surface area contributed by atoms with Gasteiger partial charge in [0.2, 0.25) is 11.1 Å². The van der Waals surface area contributed by atoms with Crippen LogP contribution in [-0.2, 0) is 4.79 Å². The minimum atomic E-state index is -0.479. The van der Waals surface area contributed by atoms with Crippen molar-refractivity contribution >= 4 is 39.3 Å². The number of anilines is 1. The number of amides is 1. The number of hydrogen-bond donors (Lipinski definition) is 2. The van der Waals surface area contributed by atoms with Gasteiger partial charge >= 0.3 is 0 Å². The van der Waals surface area contributed by atoms with Crippen LogP contribution in [0, 0.1) is 6.92 Å². The summed E-state index contributed by atoms with van der Waals surface area (Å²) in [6, 6.07) is 12.7. The lowest BCUT2D eigenvalue weighted by Crippen LogP contribution is -2.41. The number of fused-ring (bicyclic) bond motifs is 1. The number of methoxy groups -OCH3 is 2. The predicted octanol–water partition coefficient (Wildman–Crippen LogP) is 3.76. The molecule has 156 valence electrons. The summed E-state index contributed by atoms with van der Waals surface area (Å²) in [6.07, 6.45) is 0. The molecule has 0 aliphatic carbocycles. The van der Waals surface area contributed by atoms with E-state index in [0.29, 0.717) is 16.6 Å².